The first-order valence-electron chi connectivity index (χ1n) is 6.04. The summed E-state index contributed by atoms with van der Waals surface area (Å²) in [6.07, 6.45) is -1.16. The van der Waals surface area contributed by atoms with Gasteiger partial charge in [-0.05, 0) is 12.1 Å². The summed E-state index contributed by atoms with van der Waals surface area (Å²) in [6.45, 7) is -0.849. The van der Waals surface area contributed by atoms with Gasteiger partial charge in [0.2, 0.25) is 0 Å². The number of nitrogens with zero attached hydrogens (tertiary/aromatic N) is 3. The average molecular weight is 302 g/mol. The summed E-state index contributed by atoms with van der Waals surface area (Å²) in [5.74, 6) is -4.34. The van der Waals surface area contributed by atoms with Crippen LogP contribution in [0.4, 0.5) is 13.2 Å². The van der Waals surface area contributed by atoms with E-state index in [2.05, 4.69) is 10.3 Å². The van der Waals surface area contributed by atoms with Crippen molar-refractivity contribution >= 4 is 0 Å². The van der Waals surface area contributed by atoms with Crippen LogP contribution in [0.2, 0.25) is 0 Å². The summed E-state index contributed by atoms with van der Waals surface area (Å²) in [5, 5.41) is 25.7. The predicted molar refractivity (Wildman–Crippen MR) is 66.3 cm³/mol. The molecule has 0 aliphatic rings. The molecule has 0 bridgehead atoms. The summed E-state index contributed by atoms with van der Waals surface area (Å²) in [5.41, 5.74) is 5.38. The minimum Gasteiger partial charge on any atom is -0.394 e. The van der Waals surface area contributed by atoms with E-state index in [-0.39, 0.29) is 30.0 Å². The molecule has 21 heavy (non-hydrogen) atoms. The van der Waals surface area contributed by atoms with Gasteiger partial charge in [0, 0.05) is 12.1 Å². The third-order valence-corrected chi connectivity index (χ3v) is 2.88. The fourth-order valence-corrected chi connectivity index (χ4v) is 1.87. The molecule has 0 saturated heterocycles. The molecule has 2 rings (SSSR count). The van der Waals surface area contributed by atoms with Gasteiger partial charge in [-0.3, -0.25) is 0 Å². The number of hydrogen-bond donors (Lipinski definition) is 3. The van der Waals surface area contributed by atoms with Gasteiger partial charge in [0.25, 0.3) is 0 Å². The van der Waals surface area contributed by atoms with E-state index in [0.29, 0.717) is 0 Å². The Bertz CT molecular complexity index is 648. The summed E-state index contributed by atoms with van der Waals surface area (Å²) in [7, 11) is 0. The molecular weight excluding hydrogens is 289 g/mol. The Morgan fingerprint density at radius 3 is 2.57 bits per heavy atom. The molecule has 1 aromatic carbocycles. The lowest BCUT2D eigenvalue weighted by atomic mass is 10.1. The van der Waals surface area contributed by atoms with Crippen LogP contribution in [0.5, 0.6) is 0 Å². The van der Waals surface area contributed by atoms with Crippen molar-refractivity contribution in [2.45, 2.75) is 19.2 Å². The van der Waals surface area contributed by atoms with Gasteiger partial charge in [0.1, 0.15) is 5.69 Å². The SMILES string of the molecule is NCc1nnn(CC(O)CO)c1-c1ccc(F)c(F)c1F. The fourth-order valence-electron chi connectivity index (χ4n) is 1.87. The largest absolute Gasteiger partial charge is 0.394 e. The maximum atomic E-state index is 13.9. The Labute approximate surface area is 117 Å². The minimum absolute atomic E-state index is 0.0291. The third kappa shape index (κ3) is 2.89. The van der Waals surface area contributed by atoms with Crippen LogP contribution in [0.3, 0.4) is 0 Å². The lowest BCUT2D eigenvalue weighted by molar-refractivity contribution is 0.0782. The van der Waals surface area contributed by atoms with Crippen molar-refractivity contribution in [3.8, 4) is 11.3 Å². The van der Waals surface area contributed by atoms with Gasteiger partial charge in [-0.1, -0.05) is 5.21 Å². The van der Waals surface area contributed by atoms with E-state index in [0.717, 1.165) is 16.8 Å². The maximum Gasteiger partial charge on any atom is 0.195 e. The summed E-state index contributed by atoms with van der Waals surface area (Å²) >= 11 is 0. The monoisotopic (exact) mass is 302 g/mol. The predicted octanol–water partition coefficient (Wildman–Crippen LogP) is 0.174. The molecular formula is C12H13F3N4O2. The molecule has 0 radical (unpaired) electrons. The van der Waals surface area contributed by atoms with E-state index in [1.807, 2.05) is 0 Å². The molecule has 0 aliphatic heterocycles. The number of hydrogen-bond acceptors (Lipinski definition) is 5. The van der Waals surface area contributed by atoms with Crippen molar-refractivity contribution in [1.82, 2.24) is 15.0 Å². The van der Waals surface area contributed by atoms with Gasteiger partial charge in [0.05, 0.1) is 24.9 Å². The number of aliphatic hydroxyl groups excluding tert-OH is 2. The first-order valence-corrected chi connectivity index (χ1v) is 6.04. The maximum absolute atomic E-state index is 13.9. The standard InChI is InChI=1S/C12H13F3N4O2/c13-8-2-1-7(10(14)11(8)15)12-9(3-16)17-18-19(12)4-6(21)5-20/h1-2,6,20-21H,3-5,16H2. The third-order valence-electron chi connectivity index (χ3n) is 2.88. The number of nitrogens with two attached hydrogens (primary N) is 1. The number of rotatable bonds is 5. The second-order valence-corrected chi connectivity index (χ2v) is 4.33. The van der Waals surface area contributed by atoms with Crippen molar-refractivity contribution in [2.75, 3.05) is 6.61 Å². The van der Waals surface area contributed by atoms with Gasteiger partial charge in [-0.15, -0.1) is 5.10 Å². The average Bonchev–Trinajstić information content (AvgIpc) is 2.87. The molecule has 0 fully saturated rings. The first kappa shape index (κ1) is 15.4. The van der Waals surface area contributed by atoms with Crippen LogP contribution < -0.4 is 5.73 Å². The topological polar surface area (TPSA) is 97.2 Å². The van der Waals surface area contributed by atoms with Crippen LogP contribution in [0.25, 0.3) is 11.3 Å². The second-order valence-electron chi connectivity index (χ2n) is 4.33. The first-order chi connectivity index (χ1) is 9.99. The summed E-state index contributed by atoms with van der Waals surface area (Å²) < 4.78 is 41.3. The fraction of sp³-hybridized carbons (Fsp3) is 0.333. The molecule has 0 spiro atoms. The van der Waals surface area contributed by atoms with Crippen LogP contribution in [0.1, 0.15) is 5.69 Å². The Morgan fingerprint density at radius 1 is 1.24 bits per heavy atom. The molecule has 1 heterocycles. The molecule has 6 nitrogen and oxygen atoms in total. The van der Waals surface area contributed by atoms with Crippen molar-refractivity contribution < 1.29 is 23.4 Å². The van der Waals surface area contributed by atoms with Gasteiger partial charge >= 0.3 is 0 Å². The van der Waals surface area contributed by atoms with E-state index < -0.39 is 30.2 Å². The molecule has 114 valence electrons. The van der Waals surface area contributed by atoms with Crippen LogP contribution in [-0.2, 0) is 13.1 Å². The smallest absolute Gasteiger partial charge is 0.195 e. The number of aromatic nitrogens is 3. The minimum atomic E-state index is -1.62. The zero-order chi connectivity index (χ0) is 15.6. The van der Waals surface area contributed by atoms with E-state index in [4.69, 9.17) is 10.8 Å². The molecule has 9 heteroatoms. The van der Waals surface area contributed by atoms with Gasteiger partial charge < -0.3 is 15.9 Å². The second kappa shape index (κ2) is 6.20. The Morgan fingerprint density at radius 2 is 1.95 bits per heavy atom. The quantitative estimate of drug-likeness (QED) is 0.684. The van der Waals surface area contributed by atoms with Crippen molar-refractivity contribution in [3.63, 3.8) is 0 Å². The van der Waals surface area contributed by atoms with Crippen LogP contribution in [0, 0.1) is 17.5 Å². The Balaban J connectivity index is 2.56. The normalized spacial score (nSPS) is 12.7. The molecule has 2 aromatic rings. The zero-order valence-corrected chi connectivity index (χ0v) is 10.8. The molecule has 4 N–H and O–H groups in total. The lowest BCUT2D eigenvalue weighted by Gasteiger charge is -2.12. The lowest BCUT2D eigenvalue weighted by Crippen LogP contribution is -2.21. The van der Waals surface area contributed by atoms with E-state index in [9.17, 15) is 18.3 Å². The molecule has 1 atom stereocenters. The molecule has 0 saturated carbocycles. The van der Waals surface area contributed by atoms with Gasteiger partial charge in [-0.25, -0.2) is 17.9 Å². The summed E-state index contributed by atoms with van der Waals surface area (Å²) in [6, 6.07) is 1.81. The van der Waals surface area contributed by atoms with Crippen LogP contribution in [-0.4, -0.2) is 37.9 Å². The molecule has 1 unspecified atom stereocenters. The van der Waals surface area contributed by atoms with Gasteiger partial charge in [-0.2, -0.15) is 0 Å². The summed E-state index contributed by atoms with van der Waals surface area (Å²) in [4.78, 5) is 0. The molecule has 1 aromatic heterocycles. The van der Waals surface area contributed by atoms with Crippen molar-refractivity contribution in [1.29, 1.82) is 0 Å². The van der Waals surface area contributed by atoms with Crippen molar-refractivity contribution in [2.24, 2.45) is 5.73 Å². The van der Waals surface area contributed by atoms with Crippen LogP contribution >= 0.6 is 0 Å². The van der Waals surface area contributed by atoms with E-state index in [1.165, 1.54) is 0 Å². The molecule has 0 amide bonds. The van der Waals surface area contributed by atoms with E-state index in [1.54, 1.807) is 0 Å². The number of benzene rings is 1. The zero-order valence-electron chi connectivity index (χ0n) is 10.8. The number of halogens is 3. The molecule has 0 aliphatic carbocycles. The highest BCUT2D eigenvalue weighted by Gasteiger charge is 2.22. The highest BCUT2D eigenvalue weighted by atomic mass is 19.2. The number of aliphatic hydroxyl groups is 2. The highest BCUT2D eigenvalue weighted by molar-refractivity contribution is 5.63. The van der Waals surface area contributed by atoms with Crippen LogP contribution in [0.15, 0.2) is 12.1 Å². The van der Waals surface area contributed by atoms with Crippen molar-refractivity contribution in [3.05, 3.63) is 35.3 Å². The Hall–Kier alpha value is -1.97. The Kier molecular flexibility index (Phi) is 4.56. The van der Waals surface area contributed by atoms with Gasteiger partial charge in [0.15, 0.2) is 17.5 Å². The van der Waals surface area contributed by atoms with E-state index >= 15 is 0 Å². The highest BCUT2D eigenvalue weighted by Crippen LogP contribution is 2.28.